The molecule has 114 valence electrons. The molecule has 2 rings (SSSR count). The molecule has 1 aromatic carbocycles. The van der Waals surface area contributed by atoms with Crippen LogP contribution >= 0.6 is 0 Å². The topological polar surface area (TPSA) is 66.4 Å². The molecule has 0 radical (unpaired) electrons. The van der Waals surface area contributed by atoms with Crippen molar-refractivity contribution in [3.63, 3.8) is 0 Å². The van der Waals surface area contributed by atoms with Gasteiger partial charge < -0.3 is 10.4 Å². The summed E-state index contributed by atoms with van der Waals surface area (Å²) in [7, 11) is 0. The third-order valence-corrected chi connectivity index (χ3v) is 3.60. The van der Waals surface area contributed by atoms with Gasteiger partial charge in [-0.15, -0.1) is 0 Å². The molecule has 0 bridgehead atoms. The summed E-state index contributed by atoms with van der Waals surface area (Å²) in [5.41, 5.74) is -2.03. The van der Waals surface area contributed by atoms with Crippen LogP contribution in [0.1, 0.15) is 24.0 Å². The van der Waals surface area contributed by atoms with Crippen molar-refractivity contribution in [3.8, 4) is 0 Å². The molecule has 1 amide bonds. The quantitative estimate of drug-likeness (QED) is 0.820. The first-order valence-electron chi connectivity index (χ1n) is 6.44. The number of benzene rings is 1. The lowest BCUT2D eigenvalue weighted by Crippen LogP contribution is -2.38. The Morgan fingerprint density at radius 2 is 1.86 bits per heavy atom. The second-order valence-corrected chi connectivity index (χ2v) is 5.05. The van der Waals surface area contributed by atoms with E-state index in [1.54, 1.807) is 0 Å². The van der Waals surface area contributed by atoms with Crippen LogP contribution in [0.25, 0.3) is 0 Å². The molecule has 2 N–H and O–H groups in total. The molecule has 0 atom stereocenters. The van der Waals surface area contributed by atoms with Gasteiger partial charge in [-0.2, -0.15) is 13.2 Å². The zero-order valence-electron chi connectivity index (χ0n) is 11.0. The van der Waals surface area contributed by atoms with E-state index in [9.17, 15) is 22.8 Å². The molecule has 0 heterocycles. The van der Waals surface area contributed by atoms with Crippen molar-refractivity contribution in [3.05, 3.63) is 35.4 Å². The average molecular weight is 301 g/mol. The standard InChI is InChI=1S/C14H14F3NO3/c15-14(16,17)10-4-2-1-3-9(10)5-8-18-11(19)13(6-7-13)12(20)21/h1-4H,5-8H2,(H,18,19)(H,20,21). The zero-order valence-corrected chi connectivity index (χ0v) is 11.0. The summed E-state index contributed by atoms with van der Waals surface area (Å²) in [4.78, 5) is 22.7. The van der Waals surface area contributed by atoms with Crippen LogP contribution in [0.5, 0.6) is 0 Å². The van der Waals surface area contributed by atoms with E-state index in [4.69, 9.17) is 5.11 Å². The van der Waals surface area contributed by atoms with E-state index < -0.39 is 29.0 Å². The van der Waals surface area contributed by atoms with Crippen molar-refractivity contribution < 1.29 is 27.9 Å². The Hall–Kier alpha value is -2.05. The Kier molecular flexibility index (Phi) is 3.93. The number of aliphatic carboxylic acids is 1. The fraction of sp³-hybridized carbons (Fsp3) is 0.429. The van der Waals surface area contributed by atoms with Crippen LogP contribution in [-0.4, -0.2) is 23.5 Å². The number of carbonyl (C=O) groups is 2. The lowest BCUT2D eigenvalue weighted by Gasteiger charge is -2.14. The molecule has 0 aliphatic heterocycles. The molecular formula is C14H14F3NO3. The third kappa shape index (κ3) is 3.17. The molecule has 4 nitrogen and oxygen atoms in total. The Balaban J connectivity index is 1.96. The third-order valence-electron chi connectivity index (χ3n) is 3.60. The van der Waals surface area contributed by atoms with Crippen LogP contribution in [0.4, 0.5) is 13.2 Å². The highest BCUT2D eigenvalue weighted by molar-refractivity contribution is 6.04. The molecule has 1 aromatic rings. The highest BCUT2D eigenvalue weighted by Crippen LogP contribution is 2.46. The maximum atomic E-state index is 12.8. The van der Waals surface area contributed by atoms with Gasteiger partial charge in [0.1, 0.15) is 5.41 Å². The Bertz CT molecular complexity index is 565. The number of carboxylic acids is 1. The van der Waals surface area contributed by atoms with E-state index in [2.05, 4.69) is 5.32 Å². The molecule has 0 spiro atoms. The summed E-state index contributed by atoms with van der Waals surface area (Å²) in [6, 6.07) is 5.12. The van der Waals surface area contributed by atoms with Gasteiger partial charge in [-0.05, 0) is 30.9 Å². The van der Waals surface area contributed by atoms with E-state index in [0.29, 0.717) is 0 Å². The first-order valence-corrected chi connectivity index (χ1v) is 6.44. The van der Waals surface area contributed by atoms with Gasteiger partial charge in [0.25, 0.3) is 0 Å². The predicted molar refractivity (Wildman–Crippen MR) is 67.5 cm³/mol. The van der Waals surface area contributed by atoms with Crippen LogP contribution in [-0.2, 0) is 22.2 Å². The SMILES string of the molecule is O=C(O)C1(C(=O)NCCc2ccccc2C(F)(F)F)CC1. The summed E-state index contributed by atoms with van der Waals surface area (Å²) < 4.78 is 38.3. The molecule has 0 unspecified atom stereocenters. The zero-order chi connectivity index (χ0) is 15.7. The number of halogens is 3. The second kappa shape index (κ2) is 5.38. The summed E-state index contributed by atoms with van der Waals surface area (Å²) in [5.74, 6) is -1.81. The highest BCUT2D eigenvalue weighted by atomic mass is 19.4. The van der Waals surface area contributed by atoms with Gasteiger partial charge in [-0.3, -0.25) is 9.59 Å². The number of hydrogen-bond acceptors (Lipinski definition) is 2. The normalized spacial score (nSPS) is 16.3. The minimum atomic E-state index is -4.45. The van der Waals surface area contributed by atoms with Crippen LogP contribution < -0.4 is 5.32 Å². The van der Waals surface area contributed by atoms with Crippen LogP contribution in [0.3, 0.4) is 0 Å². The van der Waals surface area contributed by atoms with Crippen molar-refractivity contribution in [2.75, 3.05) is 6.54 Å². The number of amides is 1. The number of nitrogens with one attached hydrogen (secondary N) is 1. The maximum Gasteiger partial charge on any atom is 0.416 e. The minimum Gasteiger partial charge on any atom is -0.480 e. The molecule has 7 heteroatoms. The Morgan fingerprint density at radius 1 is 1.24 bits per heavy atom. The number of carboxylic acid groups (broad SMARTS) is 1. The number of rotatable bonds is 5. The fourth-order valence-electron chi connectivity index (χ4n) is 2.16. The summed E-state index contributed by atoms with van der Waals surface area (Å²) in [5, 5.41) is 11.3. The maximum absolute atomic E-state index is 12.8. The summed E-state index contributed by atoms with van der Waals surface area (Å²) >= 11 is 0. The largest absolute Gasteiger partial charge is 0.480 e. The molecule has 1 saturated carbocycles. The molecular weight excluding hydrogens is 287 g/mol. The highest BCUT2D eigenvalue weighted by Gasteiger charge is 2.56. The number of hydrogen-bond donors (Lipinski definition) is 2. The van der Waals surface area contributed by atoms with Crippen molar-refractivity contribution in [1.82, 2.24) is 5.32 Å². The van der Waals surface area contributed by atoms with Gasteiger partial charge >= 0.3 is 12.1 Å². The average Bonchev–Trinajstić information content (AvgIpc) is 3.19. The van der Waals surface area contributed by atoms with E-state index in [0.717, 1.165) is 6.07 Å². The van der Waals surface area contributed by atoms with E-state index >= 15 is 0 Å². The van der Waals surface area contributed by atoms with Crippen LogP contribution in [0, 0.1) is 5.41 Å². The van der Waals surface area contributed by atoms with Crippen LogP contribution in [0.15, 0.2) is 24.3 Å². The van der Waals surface area contributed by atoms with E-state index in [1.165, 1.54) is 18.2 Å². The van der Waals surface area contributed by atoms with Gasteiger partial charge in [0.15, 0.2) is 0 Å². The van der Waals surface area contributed by atoms with Gasteiger partial charge in [-0.25, -0.2) is 0 Å². The van der Waals surface area contributed by atoms with Crippen molar-refractivity contribution in [2.45, 2.75) is 25.4 Å². The summed E-state index contributed by atoms with van der Waals surface area (Å²) in [6.07, 6.45) is -3.91. The Labute approximate surface area is 119 Å². The molecule has 1 aliphatic carbocycles. The van der Waals surface area contributed by atoms with Gasteiger partial charge in [0.05, 0.1) is 5.56 Å². The molecule has 1 aliphatic rings. The first kappa shape index (κ1) is 15.3. The van der Waals surface area contributed by atoms with E-state index in [-0.39, 0.29) is 31.4 Å². The van der Waals surface area contributed by atoms with E-state index in [1.807, 2.05) is 0 Å². The van der Waals surface area contributed by atoms with Crippen LogP contribution in [0.2, 0.25) is 0 Å². The van der Waals surface area contributed by atoms with Gasteiger partial charge in [0.2, 0.25) is 5.91 Å². The second-order valence-electron chi connectivity index (χ2n) is 5.05. The van der Waals surface area contributed by atoms with Crippen molar-refractivity contribution >= 4 is 11.9 Å². The van der Waals surface area contributed by atoms with Crippen molar-refractivity contribution in [2.24, 2.45) is 5.41 Å². The molecule has 0 aromatic heterocycles. The lowest BCUT2D eigenvalue weighted by atomic mass is 10.0. The predicted octanol–water partition coefficient (Wildman–Crippen LogP) is 2.23. The fourth-order valence-corrected chi connectivity index (χ4v) is 2.16. The van der Waals surface area contributed by atoms with Gasteiger partial charge in [0, 0.05) is 6.54 Å². The Morgan fingerprint density at radius 3 is 2.38 bits per heavy atom. The van der Waals surface area contributed by atoms with Gasteiger partial charge in [-0.1, -0.05) is 18.2 Å². The molecule has 1 fully saturated rings. The number of alkyl halides is 3. The monoisotopic (exact) mass is 301 g/mol. The molecule has 0 saturated heterocycles. The first-order chi connectivity index (χ1) is 9.77. The smallest absolute Gasteiger partial charge is 0.416 e. The van der Waals surface area contributed by atoms with Crippen molar-refractivity contribution in [1.29, 1.82) is 0 Å². The summed E-state index contributed by atoms with van der Waals surface area (Å²) in [6.45, 7) is -0.0268. The lowest BCUT2D eigenvalue weighted by molar-refractivity contribution is -0.149. The minimum absolute atomic E-state index is 0.00285. The number of carbonyl (C=O) groups excluding carboxylic acids is 1. The molecule has 21 heavy (non-hydrogen) atoms.